The van der Waals surface area contributed by atoms with Gasteiger partial charge in [0, 0.05) is 24.7 Å². The number of aromatic nitrogens is 2. The fraction of sp³-hybridized carbons (Fsp3) is 0.600. The van der Waals surface area contributed by atoms with Gasteiger partial charge in [0.1, 0.15) is 0 Å². The Morgan fingerprint density at radius 2 is 2.40 bits per heavy atom. The molecule has 0 aromatic carbocycles. The molecule has 4 nitrogen and oxygen atoms in total. The zero-order valence-electron chi connectivity index (χ0n) is 9.03. The molecule has 0 aliphatic heterocycles. The van der Waals surface area contributed by atoms with E-state index in [9.17, 15) is 4.79 Å². The van der Waals surface area contributed by atoms with Crippen molar-refractivity contribution in [3.05, 3.63) is 18.0 Å². The molecule has 0 saturated heterocycles. The second-order valence-corrected chi connectivity index (χ2v) is 4.00. The van der Waals surface area contributed by atoms with Gasteiger partial charge < -0.3 is 4.90 Å². The fourth-order valence-electron chi connectivity index (χ4n) is 1.36. The van der Waals surface area contributed by atoms with E-state index in [-0.39, 0.29) is 11.9 Å². The Hall–Kier alpha value is -1.03. The lowest BCUT2D eigenvalue weighted by atomic mass is 10.2. The number of amides is 1. The van der Waals surface area contributed by atoms with Gasteiger partial charge in [0.05, 0.1) is 11.8 Å². The molecule has 1 amide bonds. The van der Waals surface area contributed by atoms with Crippen molar-refractivity contribution in [1.82, 2.24) is 15.1 Å². The van der Waals surface area contributed by atoms with Crippen molar-refractivity contribution in [2.24, 2.45) is 0 Å². The summed E-state index contributed by atoms with van der Waals surface area (Å²) in [6.07, 6.45) is 3.96. The normalized spacial score (nSPS) is 10.7. The van der Waals surface area contributed by atoms with Crippen LogP contribution in [0.15, 0.2) is 12.4 Å². The molecule has 1 N–H and O–H groups in total. The molecule has 1 aromatic rings. The van der Waals surface area contributed by atoms with Gasteiger partial charge in [0.2, 0.25) is 0 Å². The van der Waals surface area contributed by atoms with Crippen molar-refractivity contribution >= 4 is 17.5 Å². The number of H-pyrrole nitrogens is 1. The third kappa shape index (κ3) is 3.23. The molecule has 84 valence electrons. The van der Waals surface area contributed by atoms with Gasteiger partial charge >= 0.3 is 0 Å². The van der Waals surface area contributed by atoms with Crippen molar-refractivity contribution in [3.8, 4) is 0 Å². The molecule has 0 radical (unpaired) electrons. The SMILES string of the molecule is CC(C)N(CCCCl)C(=O)c1cn[nH]c1. The van der Waals surface area contributed by atoms with Crippen LogP contribution in [0.25, 0.3) is 0 Å². The van der Waals surface area contributed by atoms with Gasteiger partial charge in [-0.05, 0) is 20.3 Å². The number of alkyl halides is 1. The third-order valence-electron chi connectivity index (χ3n) is 2.16. The highest BCUT2D eigenvalue weighted by atomic mass is 35.5. The first-order valence-corrected chi connectivity index (χ1v) is 5.56. The maximum atomic E-state index is 12.0. The van der Waals surface area contributed by atoms with Gasteiger partial charge in [-0.2, -0.15) is 5.10 Å². The predicted molar refractivity (Wildman–Crippen MR) is 60.1 cm³/mol. The second-order valence-electron chi connectivity index (χ2n) is 3.62. The quantitative estimate of drug-likeness (QED) is 0.784. The van der Waals surface area contributed by atoms with Gasteiger partial charge in [0.15, 0.2) is 0 Å². The number of nitrogens with zero attached hydrogens (tertiary/aromatic N) is 2. The number of rotatable bonds is 5. The maximum Gasteiger partial charge on any atom is 0.257 e. The van der Waals surface area contributed by atoms with Gasteiger partial charge in [-0.3, -0.25) is 9.89 Å². The minimum absolute atomic E-state index is 0.00358. The molecule has 15 heavy (non-hydrogen) atoms. The highest BCUT2D eigenvalue weighted by molar-refractivity contribution is 6.17. The van der Waals surface area contributed by atoms with Gasteiger partial charge in [0.25, 0.3) is 5.91 Å². The number of carbonyl (C=O) groups is 1. The highest BCUT2D eigenvalue weighted by Crippen LogP contribution is 2.07. The van der Waals surface area contributed by atoms with Crippen molar-refractivity contribution in [1.29, 1.82) is 0 Å². The molecule has 0 atom stereocenters. The Morgan fingerprint density at radius 3 is 2.87 bits per heavy atom. The lowest BCUT2D eigenvalue weighted by Gasteiger charge is -2.25. The van der Waals surface area contributed by atoms with E-state index in [2.05, 4.69) is 10.2 Å². The number of halogens is 1. The summed E-state index contributed by atoms with van der Waals surface area (Å²) < 4.78 is 0. The number of hydrogen-bond donors (Lipinski definition) is 1. The first kappa shape index (κ1) is 12.0. The lowest BCUT2D eigenvalue weighted by Crippen LogP contribution is -2.37. The predicted octanol–water partition coefficient (Wildman–Crippen LogP) is 1.89. The molecule has 0 fully saturated rings. The number of hydrogen-bond acceptors (Lipinski definition) is 2. The molecule has 0 spiro atoms. The summed E-state index contributed by atoms with van der Waals surface area (Å²) in [6.45, 7) is 4.67. The molecule has 5 heteroatoms. The van der Waals surface area contributed by atoms with Crippen LogP contribution in [0.4, 0.5) is 0 Å². The molecule has 0 aliphatic carbocycles. The average molecular weight is 230 g/mol. The van der Waals surface area contributed by atoms with Crippen LogP contribution < -0.4 is 0 Å². The molecular weight excluding hydrogens is 214 g/mol. The maximum absolute atomic E-state index is 12.0. The van der Waals surface area contributed by atoms with E-state index in [1.807, 2.05) is 13.8 Å². The topological polar surface area (TPSA) is 49.0 Å². The van der Waals surface area contributed by atoms with Crippen LogP contribution in [-0.4, -0.2) is 39.5 Å². The Labute approximate surface area is 94.6 Å². The average Bonchev–Trinajstić information content (AvgIpc) is 2.70. The smallest absolute Gasteiger partial charge is 0.257 e. The molecule has 1 aromatic heterocycles. The monoisotopic (exact) mass is 229 g/mol. The molecule has 1 rings (SSSR count). The summed E-state index contributed by atoms with van der Waals surface area (Å²) >= 11 is 5.62. The van der Waals surface area contributed by atoms with E-state index in [4.69, 9.17) is 11.6 Å². The Bertz CT molecular complexity index is 298. The molecule has 0 unspecified atom stereocenters. The summed E-state index contributed by atoms with van der Waals surface area (Å²) in [5.74, 6) is 0.575. The van der Waals surface area contributed by atoms with E-state index in [1.54, 1.807) is 17.3 Å². The zero-order chi connectivity index (χ0) is 11.3. The number of carbonyl (C=O) groups excluding carboxylic acids is 1. The summed E-state index contributed by atoms with van der Waals surface area (Å²) in [5.41, 5.74) is 0.596. The zero-order valence-corrected chi connectivity index (χ0v) is 9.79. The minimum atomic E-state index is 0.00358. The lowest BCUT2D eigenvalue weighted by molar-refractivity contribution is 0.0706. The summed E-state index contributed by atoms with van der Waals surface area (Å²) in [7, 11) is 0. The van der Waals surface area contributed by atoms with Gasteiger partial charge in [-0.25, -0.2) is 0 Å². The van der Waals surface area contributed by atoms with Crippen molar-refractivity contribution in [3.63, 3.8) is 0 Å². The van der Waals surface area contributed by atoms with Crippen molar-refractivity contribution in [2.45, 2.75) is 26.3 Å². The second kappa shape index (κ2) is 5.75. The largest absolute Gasteiger partial charge is 0.336 e. The summed E-state index contributed by atoms with van der Waals surface area (Å²) in [4.78, 5) is 13.8. The van der Waals surface area contributed by atoms with Crippen LogP contribution in [0, 0.1) is 0 Å². The van der Waals surface area contributed by atoms with Crippen molar-refractivity contribution < 1.29 is 4.79 Å². The van der Waals surface area contributed by atoms with Gasteiger partial charge in [-0.1, -0.05) is 0 Å². The van der Waals surface area contributed by atoms with Crippen LogP contribution >= 0.6 is 11.6 Å². The van der Waals surface area contributed by atoms with E-state index in [0.29, 0.717) is 18.0 Å². The first-order valence-electron chi connectivity index (χ1n) is 5.02. The Balaban J connectivity index is 2.67. The molecule has 0 saturated carbocycles. The van der Waals surface area contributed by atoms with Crippen LogP contribution in [-0.2, 0) is 0 Å². The molecule has 0 bridgehead atoms. The summed E-state index contributed by atoms with van der Waals surface area (Å²) in [5, 5.41) is 6.40. The van der Waals surface area contributed by atoms with E-state index in [1.165, 1.54) is 0 Å². The van der Waals surface area contributed by atoms with E-state index in [0.717, 1.165) is 6.42 Å². The van der Waals surface area contributed by atoms with Crippen LogP contribution in [0.3, 0.4) is 0 Å². The first-order chi connectivity index (χ1) is 7.16. The van der Waals surface area contributed by atoms with Gasteiger partial charge in [-0.15, -0.1) is 11.6 Å². The highest BCUT2D eigenvalue weighted by Gasteiger charge is 2.18. The Morgan fingerprint density at radius 1 is 1.67 bits per heavy atom. The number of aromatic amines is 1. The molecule has 1 heterocycles. The standard InChI is InChI=1S/C10H16ClN3O/c1-8(2)14(5-3-4-11)10(15)9-6-12-13-7-9/h6-8H,3-5H2,1-2H3,(H,12,13). The molecular formula is C10H16ClN3O. The molecule has 0 aliphatic rings. The van der Waals surface area contributed by atoms with Crippen LogP contribution in [0.5, 0.6) is 0 Å². The van der Waals surface area contributed by atoms with E-state index < -0.39 is 0 Å². The summed E-state index contributed by atoms with van der Waals surface area (Å²) in [6, 6.07) is 0.176. The van der Waals surface area contributed by atoms with E-state index >= 15 is 0 Å². The Kier molecular flexibility index (Phi) is 4.62. The number of nitrogens with one attached hydrogen (secondary N) is 1. The third-order valence-corrected chi connectivity index (χ3v) is 2.43. The van der Waals surface area contributed by atoms with Crippen LogP contribution in [0.1, 0.15) is 30.6 Å². The fourth-order valence-corrected chi connectivity index (χ4v) is 1.48. The van der Waals surface area contributed by atoms with Crippen molar-refractivity contribution in [2.75, 3.05) is 12.4 Å². The van der Waals surface area contributed by atoms with Crippen LogP contribution in [0.2, 0.25) is 0 Å². The minimum Gasteiger partial charge on any atom is -0.336 e.